The third kappa shape index (κ3) is 5.75. The van der Waals surface area contributed by atoms with Crippen LogP contribution in [0.3, 0.4) is 0 Å². The molecule has 0 N–H and O–H groups in total. The van der Waals surface area contributed by atoms with Crippen LogP contribution in [0.25, 0.3) is 0 Å². The number of ether oxygens (including phenoxy) is 2. The molecule has 1 aromatic carbocycles. The smallest absolute Gasteiger partial charge is 0.410 e. The molecule has 30 heavy (non-hydrogen) atoms. The zero-order valence-corrected chi connectivity index (χ0v) is 18.8. The quantitative estimate of drug-likeness (QED) is 0.730. The van der Waals surface area contributed by atoms with E-state index >= 15 is 0 Å². The van der Waals surface area contributed by atoms with E-state index in [-0.39, 0.29) is 30.1 Å². The fourth-order valence-corrected chi connectivity index (χ4v) is 4.36. The molecular weight excluding hydrogens is 380 g/mol. The van der Waals surface area contributed by atoms with Crippen molar-refractivity contribution in [2.45, 2.75) is 71.1 Å². The molecule has 0 spiro atoms. The fraction of sp³-hybridized carbons (Fsp3) is 0.667. The first kappa shape index (κ1) is 22.6. The van der Waals surface area contributed by atoms with E-state index in [1.807, 2.05) is 56.0 Å². The Labute approximate surface area is 180 Å². The van der Waals surface area contributed by atoms with Gasteiger partial charge in [-0.25, -0.2) is 4.79 Å². The van der Waals surface area contributed by atoms with Gasteiger partial charge in [0.25, 0.3) is 0 Å². The monoisotopic (exact) mass is 416 g/mol. The van der Waals surface area contributed by atoms with Crippen LogP contribution < -0.4 is 0 Å². The van der Waals surface area contributed by atoms with Gasteiger partial charge in [0.15, 0.2) is 0 Å². The van der Waals surface area contributed by atoms with Crippen molar-refractivity contribution >= 4 is 12.0 Å². The Balaban J connectivity index is 1.76. The molecule has 0 aromatic heterocycles. The molecule has 3 atom stereocenters. The summed E-state index contributed by atoms with van der Waals surface area (Å²) in [5.74, 6) is 0.187. The lowest BCUT2D eigenvalue weighted by atomic mass is 9.90. The van der Waals surface area contributed by atoms with Crippen LogP contribution in [0.2, 0.25) is 0 Å². The lowest BCUT2D eigenvalue weighted by Crippen LogP contribution is -2.54. The SMILES string of the molecule is CCCC1CC(C(=O)N2CCN(C(=O)OC(C)(C)C)CC2c2ccccc2)CCO1. The van der Waals surface area contributed by atoms with E-state index in [2.05, 4.69) is 6.92 Å². The van der Waals surface area contributed by atoms with Crippen molar-refractivity contribution in [2.24, 2.45) is 5.92 Å². The number of carbonyl (C=O) groups excluding carboxylic acids is 2. The largest absolute Gasteiger partial charge is 0.444 e. The van der Waals surface area contributed by atoms with Crippen LogP contribution in [0.15, 0.2) is 30.3 Å². The third-order valence-corrected chi connectivity index (χ3v) is 5.83. The normalized spacial score (nSPS) is 25.1. The summed E-state index contributed by atoms with van der Waals surface area (Å²) in [5.41, 5.74) is 0.513. The maximum absolute atomic E-state index is 13.5. The molecule has 0 bridgehead atoms. The van der Waals surface area contributed by atoms with E-state index in [9.17, 15) is 9.59 Å². The minimum absolute atomic E-state index is 0.00501. The molecule has 6 nitrogen and oxygen atoms in total. The van der Waals surface area contributed by atoms with E-state index < -0.39 is 5.60 Å². The van der Waals surface area contributed by atoms with Crippen LogP contribution in [0.4, 0.5) is 4.79 Å². The summed E-state index contributed by atoms with van der Waals surface area (Å²) >= 11 is 0. The average molecular weight is 417 g/mol. The minimum Gasteiger partial charge on any atom is -0.444 e. The van der Waals surface area contributed by atoms with Gasteiger partial charge in [-0.05, 0) is 45.6 Å². The molecule has 2 aliphatic heterocycles. The zero-order valence-electron chi connectivity index (χ0n) is 18.8. The Morgan fingerprint density at radius 3 is 2.57 bits per heavy atom. The van der Waals surface area contributed by atoms with Crippen LogP contribution in [0.5, 0.6) is 0 Å². The van der Waals surface area contributed by atoms with Gasteiger partial charge in [-0.15, -0.1) is 0 Å². The highest BCUT2D eigenvalue weighted by atomic mass is 16.6. The summed E-state index contributed by atoms with van der Waals surface area (Å²) in [4.78, 5) is 29.9. The molecule has 1 aromatic rings. The second kappa shape index (κ2) is 9.82. The van der Waals surface area contributed by atoms with Gasteiger partial charge < -0.3 is 19.3 Å². The molecule has 3 rings (SSSR count). The van der Waals surface area contributed by atoms with Crippen molar-refractivity contribution < 1.29 is 19.1 Å². The number of nitrogens with zero attached hydrogens (tertiary/aromatic N) is 2. The van der Waals surface area contributed by atoms with Gasteiger partial charge in [0.05, 0.1) is 12.1 Å². The summed E-state index contributed by atoms with van der Waals surface area (Å²) in [7, 11) is 0. The highest BCUT2D eigenvalue weighted by molar-refractivity contribution is 5.80. The summed E-state index contributed by atoms with van der Waals surface area (Å²) in [6.45, 7) is 9.88. The second-order valence-electron chi connectivity index (χ2n) is 9.39. The van der Waals surface area contributed by atoms with Gasteiger partial charge >= 0.3 is 6.09 Å². The number of amides is 2. The summed E-state index contributed by atoms with van der Waals surface area (Å²) in [6.07, 6.45) is 3.49. The van der Waals surface area contributed by atoms with E-state index in [1.54, 1.807) is 4.90 Å². The van der Waals surface area contributed by atoms with Gasteiger partial charge in [-0.2, -0.15) is 0 Å². The predicted octanol–water partition coefficient (Wildman–Crippen LogP) is 4.40. The molecular formula is C24H36N2O4. The van der Waals surface area contributed by atoms with E-state index in [0.29, 0.717) is 26.2 Å². The summed E-state index contributed by atoms with van der Waals surface area (Å²) in [5, 5.41) is 0. The van der Waals surface area contributed by atoms with Crippen LogP contribution >= 0.6 is 0 Å². The van der Waals surface area contributed by atoms with Crippen LogP contribution in [0.1, 0.15) is 65.0 Å². The van der Waals surface area contributed by atoms with Crippen molar-refractivity contribution in [3.63, 3.8) is 0 Å². The van der Waals surface area contributed by atoms with Crippen molar-refractivity contribution in [1.82, 2.24) is 9.80 Å². The summed E-state index contributed by atoms with van der Waals surface area (Å²) < 4.78 is 11.4. The molecule has 2 amide bonds. The number of piperazine rings is 1. The standard InChI is InChI=1S/C24H36N2O4/c1-5-9-20-16-19(12-15-29-20)22(27)26-14-13-25(23(28)30-24(2,3)4)17-21(26)18-10-7-6-8-11-18/h6-8,10-11,19-21H,5,9,12-17H2,1-4H3. The predicted molar refractivity (Wildman–Crippen MR) is 116 cm³/mol. The van der Waals surface area contributed by atoms with Crippen molar-refractivity contribution in [3.8, 4) is 0 Å². The number of benzene rings is 1. The molecule has 166 valence electrons. The molecule has 2 heterocycles. The molecule has 0 aliphatic carbocycles. The van der Waals surface area contributed by atoms with Gasteiger partial charge in [-0.1, -0.05) is 43.7 Å². The first-order valence-electron chi connectivity index (χ1n) is 11.2. The Morgan fingerprint density at radius 1 is 1.17 bits per heavy atom. The van der Waals surface area contributed by atoms with Crippen LogP contribution in [-0.2, 0) is 14.3 Å². The van der Waals surface area contributed by atoms with Gasteiger partial charge in [0, 0.05) is 32.2 Å². The molecule has 0 saturated carbocycles. The first-order chi connectivity index (χ1) is 14.3. The lowest BCUT2D eigenvalue weighted by Gasteiger charge is -2.44. The number of hydrogen-bond donors (Lipinski definition) is 0. The highest BCUT2D eigenvalue weighted by Crippen LogP contribution is 2.32. The minimum atomic E-state index is -0.539. The molecule has 6 heteroatoms. The molecule has 3 unspecified atom stereocenters. The first-order valence-corrected chi connectivity index (χ1v) is 11.2. The fourth-order valence-electron chi connectivity index (χ4n) is 4.36. The van der Waals surface area contributed by atoms with Gasteiger partial charge in [-0.3, -0.25) is 4.79 Å². The number of carbonyl (C=O) groups is 2. The number of rotatable bonds is 4. The summed E-state index contributed by atoms with van der Waals surface area (Å²) in [6, 6.07) is 9.85. The topological polar surface area (TPSA) is 59.1 Å². The Hall–Kier alpha value is -2.08. The molecule has 0 radical (unpaired) electrons. The average Bonchev–Trinajstić information content (AvgIpc) is 2.73. The van der Waals surface area contributed by atoms with Gasteiger partial charge in [0.1, 0.15) is 5.60 Å². The van der Waals surface area contributed by atoms with E-state index in [4.69, 9.17) is 9.47 Å². The maximum Gasteiger partial charge on any atom is 0.410 e. The molecule has 2 saturated heterocycles. The van der Waals surface area contributed by atoms with Crippen LogP contribution in [0, 0.1) is 5.92 Å². The lowest BCUT2D eigenvalue weighted by molar-refractivity contribution is -0.146. The van der Waals surface area contributed by atoms with Gasteiger partial charge in [0.2, 0.25) is 5.91 Å². The highest BCUT2D eigenvalue weighted by Gasteiger charge is 2.39. The van der Waals surface area contributed by atoms with E-state index in [1.165, 1.54) is 0 Å². The second-order valence-corrected chi connectivity index (χ2v) is 9.39. The Bertz CT molecular complexity index is 714. The van der Waals surface area contributed by atoms with Crippen molar-refractivity contribution in [2.75, 3.05) is 26.2 Å². The number of hydrogen-bond acceptors (Lipinski definition) is 4. The maximum atomic E-state index is 13.5. The van der Waals surface area contributed by atoms with Crippen molar-refractivity contribution in [1.29, 1.82) is 0 Å². The third-order valence-electron chi connectivity index (χ3n) is 5.83. The molecule has 2 aliphatic rings. The van der Waals surface area contributed by atoms with Crippen LogP contribution in [-0.4, -0.2) is 59.7 Å². The zero-order chi connectivity index (χ0) is 21.7. The van der Waals surface area contributed by atoms with E-state index in [0.717, 1.165) is 31.2 Å². The Kier molecular flexibility index (Phi) is 7.40. The molecule has 2 fully saturated rings. The van der Waals surface area contributed by atoms with Crippen molar-refractivity contribution in [3.05, 3.63) is 35.9 Å². The Morgan fingerprint density at radius 2 is 1.90 bits per heavy atom.